The lowest BCUT2D eigenvalue weighted by Crippen LogP contribution is -2.30. The number of H-pyrrole nitrogens is 1. The molecule has 0 aliphatic carbocycles. The van der Waals surface area contributed by atoms with Crippen molar-refractivity contribution in [1.29, 1.82) is 0 Å². The van der Waals surface area contributed by atoms with E-state index in [0.717, 1.165) is 39.9 Å². The third-order valence-electron chi connectivity index (χ3n) is 4.65. The molecule has 0 atom stereocenters. The molecule has 0 bridgehead atoms. The van der Waals surface area contributed by atoms with Gasteiger partial charge in [-0.2, -0.15) is 0 Å². The minimum atomic E-state index is -0.815. The number of fused-ring (bicyclic) bond motifs is 1. The van der Waals surface area contributed by atoms with E-state index in [4.69, 9.17) is 0 Å². The van der Waals surface area contributed by atoms with Gasteiger partial charge in [-0.05, 0) is 42.3 Å². The van der Waals surface area contributed by atoms with Crippen molar-refractivity contribution in [2.24, 2.45) is 4.99 Å². The molecular formula is C21H16FN3O3. The summed E-state index contributed by atoms with van der Waals surface area (Å²) >= 11 is 0. The van der Waals surface area contributed by atoms with Crippen LogP contribution in [0.1, 0.15) is 23.6 Å². The van der Waals surface area contributed by atoms with Gasteiger partial charge in [-0.3, -0.25) is 14.8 Å². The monoisotopic (exact) mass is 377 g/mol. The van der Waals surface area contributed by atoms with Crippen LogP contribution in [0, 0.1) is 5.82 Å². The Labute approximate surface area is 159 Å². The fourth-order valence-corrected chi connectivity index (χ4v) is 3.23. The number of rotatable bonds is 3. The number of aromatic amines is 1. The molecule has 0 saturated heterocycles. The third kappa shape index (κ3) is 2.87. The van der Waals surface area contributed by atoms with Gasteiger partial charge in [0.25, 0.3) is 5.56 Å². The largest absolute Gasteiger partial charge is 0.494 e. The van der Waals surface area contributed by atoms with Crippen LogP contribution in [-0.4, -0.2) is 20.9 Å². The molecule has 4 rings (SSSR count). The highest BCUT2D eigenvalue weighted by Crippen LogP contribution is 2.36. The predicted octanol–water partition coefficient (Wildman–Crippen LogP) is 3.19. The van der Waals surface area contributed by atoms with Gasteiger partial charge < -0.3 is 5.11 Å². The van der Waals surface area contributed by atoms with Crippen molar-refractivity contribution in [3.63, 3.8) is 0 Å². The van der Waals surface area contributed by atoms with E-state index in [2.05, 4.69) is 9.98 Å². The molecule has 7 heteroatoms. The van der Waals surface area contributed by atoms with Crippen LogP contribution in [0.2, 0.25) is 0 Å². The Kier molecular flexibility index (Phi) is 4.27. The van der Waals surface area contributed by atoms with E-state index in [1.165, 1.54) is 18.2 Å². The smallest absolute Gasteiger partial charge is 0.335 e. The Morgan fingerprint density at radius 1 is 1.18 bits per heavy atom. The SMILES string of the molecule is CCc1cccc2c1N=C/C2=C\c1c(O)n(-c2ccc(F)cc2)c(=O)[nH]c1=O. The van der Waals surface area contributed by atoms with E-state index in [1.54, 1.807) is 6.21 Å². The zero-order valence-corrected chi connectivity index (χ0v) is 14.9. The topological polar surface area (TPSA) is 87.4 Å². The average molecular weight is 377 g/mol. The summed E-state index contributed by atoms with van der Waals surface area (Å²) in [5, 5.41) is 10.6. The van der Waals surface area contributed by atoms with Gasteiger partial charge in [0.15, 0.2) is 0 Å². The molecule has 0 fully saturated rings. The number of aryl methyl sites for hydroxylation is 1. The second-order valence-corrected chi connectivity index (χ2v) is 6.33. The van der Waals surface area contributed by atoms with Gasteiger partial charge >= 0.3 is 5.69 Å². The van der Waals surface area contributed by atoms with Gasteiger partial charge in [0.05, 0.1) is 11.4 Å². The lowest BCUT2D eigenvalue weighted by molar-refractivity contribution is 0.429. The molecule has 2 aromatic carbocycles. The van der Waals surface area contributed by atoms with Crippen LogP contribution in [0.25, 0.3) is 17.3 Å². The Morgan fingerprint density at radius 2 is 1.93 bits per heavy atom. The standard InChI is InChI=1S/C21H16FN3O3/c1-2-12-4-3-5-16-13(11-23-18(12)16)10-17-19(26)24-21(28)25(20(17)27)15-8-6-14(22)7-9-15/h3-11,27H,2H2,1H3,(H,24,26,28)/b13-10+. The third-order valence-corrected chi connectivity index (χ3v) is 4.65. The molecule has 6 nitrogen and oxygen atoms in total. The van der Waals surface area contributed by atoms with Gasteiger partial charge in [0, 0.05) is 17.4 Å². The highest BCUT2D eigenvalue weighted by Gasteiger charge is 2.19. The summed E-state index contributed by atoms with van der Waals surface area (Å²) in [7, 11) is 0. The Morgan fingerprint density at radius 3 is 2.64 bits per heavy atom. The van der Waals surface area contributed by atoms with Crippen LogP contribution in [0.5, 0.6) is 5.88 Å². The molecule has 3 aromatic rings. The average Bonchev–Trinajstić information content (AvgIpc) is 3.09. The van der Waals surface area contributed by atoms with Crippen LogP contribution in [-0.2, 0) is 6.42 Å². The van der Waals surface area contributed by atoms with Crippen molar-refractivity contribution in [3.8, 4) is 11.6 Å². The molecule has 0 amide bonds. The first-order valence-corrected chi connectivity index (χ1v) is 8.72. The van der Waals surface area contributed by atoms with Crippen LogP contribution in [0.15, 0.2) is 57.0 Å². The molecule has 0 spiro atoms. The van der Waals surface area contributed by atoms with Crippen molar-refractivity contribution in [2.75, 3.05) is 0 Å². The Balaban J connectivity index is 1.90. The van der Waals surface area contributed by atoms with Crippen LogP contribution in [0.4, 0.5) is 10.1 Å². The first-order valence-electron chi connectivity index (χ1n) is 8.72. The lowest BCUT2D eigenvalue weighted by atomic mass is 10.0. The maximum Gasteiger partial charge on any atom is 0.335 e. The zero-order valence-electron chi connectivity index (χ0n) is 14.9. The Bertz CT molecular complexity index is 1250. The molecule has 28 heavy (non-hydrogen) atoms. The number of aromatic hydroxyl groups is 1. The highest BCUT2D eigenvalue weighted by atomic mass is 19.1. The maximum absolute atomic E-state index is 13.2. The van der Waals surface area contributed by atoms with Crippen molar-refractivity contribution in [3.05, 3.63) is 85.8 Å². The van der Waals surface area contributed by atoms with Gasteiger partial charge in [0.2, 0.25) is 5.88 Å². The fraction of sp³-hybridized carbons (Fsp3) is 0.0952. The minimum absolute atomic E-state index is 0.0832. The van der Waals surface area contributed by atoms with Gasteiger partial charge in [-0.15, -0.1) is 0 Å². The highest BCUT2D eigenvalue weighted by molar-refractivity contribution is 6.21. The van der Waals surface area contributed by atoms with Gasteiger partial charge in [-0.25, -0.2) is 13.8 Å². The molecule has 2 heterocycles. The van der Waals surface area contributed by atoms with E-state index in [0.29, 0.717) is 5.57 Å². The summed E-state index contributed by atoms with van der Waals surface area (Å²) in [6.45, 7) is 2.03. The van der Waals surface area contributed by atoms with Crippen LogP contribution >= 0.6 is 0 Å². The maximum atomic E-state index is 13.2. The minimum Gasteiger partial charge on any atom is -0.494 e. The predicted molar refractivity (Wildman–Crippen MR) is 106 cm³/mol. The first-order chi connectivity index (χ1) is 13.5. The summed E-state index contributed by atoms with van der Waals surface area (Å²) in [5.74, 6) is -1.00. The second-order valence-electron chi connectivity index (χ2n) is 6.33. The molecule has 1 aliphatic rings. The van der Waals surface area contributed by atoms with Crippen molar-refractivity contribution >= 4 is 23.6 Å². The molecule has 0 unspecified atom stereocenters. The lowest BCUT2D eigenvalue weighted by Gasteiger charge is -2.10. The molecule has 1 aliphatic heterocycles. The van der Waals surface area contributed by atoms with Crippen LogP contribution in [0.3, 0.4) is 0 Å². The van der Waals surface area contributed by atoms with Crippen molar-refractivity contribution in [1.82, 2.24) is 9.55 Å². The number of allylic oxidation sites excluding steroid dienone is 1. The molecule has 0 radical (unpaired) electrons. The molecule has 140 valence electrons. The summed E-state index contributed by atoms with van der Waals surface area (Å²) in [4.78, 5) is 31.2. The Hall–Kier alpha value is -3.74. The summed E-state index contributed by atoms with van der Waals surface area (Å²) in [6.07, 6.45) is 3.92. The summed E-state index contributed by atoms with van der Waals surface area (Å²) < 4.78 is 14.1. The number of aromatic nitrogens is 2. The molecule has 1 aromatic heterocycles. The van der Waals surface area contributed by atoms with E-state index < -0.39 is 22.9 Å². The number of nitrogens with one attached hydrogen (secondary N) is 1. The summed E-state index contributed by atoms with van der Waals surface area (Å²) in [5.41, 5.74) is 2.01. The number of aliphatic imine (C=N–C) groups is 1. The van der Waals surface area contributed by atoms with E-state index in [9.17, 15) is 19.1 Å². The number of nitrogens with zero attached hydrogens (tertiary/aromatic N) is 2. The number of halogens is 1. The second kappa shape index (κ2) is 6.77. The van der Waals surface area contributed by atoms with Crippen molar-refractivity contribution in [2.45, 2.75) is 13.3 Å². The summed E-state index contributed by atoms with van der Waals surface area (Å²) in [6, 6.07) is 10.8. The van der Waals surface area contributed by atoms with Gasteiger partial charge in [0.1, 0.15) is 11.4 Å². The molecule has 2 N–H and O–H groups in total. The number of benzene rings is 2. The molecular weight excluding hydrogens is 361 g/mol. The van der Waals surface area contributed by atoms with Crippen LogP contribution < -0.4 is 11.2 Å². The number of hydrogen-bond acceptors (Lipinski definition) is 4. The van der Waals surface area contributed by atoms with E-state index >= 15 is 0 Å². The normalized spacial score (nSPS) is 13.9. The van der Waals surface area contributed by atoms with E-state index in [-0.39, 0.29) is 11.3 Å². The fourth-order valence-electron chi connectivity index (χ4n) is 3.23. The molecule has 0 saturated carbocycles. The zero-order chi connectivity index (χ0) is 19.8. The number of para-hydroxylation sites is 1. The quantitative estimate of drug-likeness (QED) is 0.735. The number of hydrogen-bond donors (Lipinski definition) is 2. The first kappa shape index (κ1) is 17.7. The van der Waals surface area contributed by atoms with E-state index in [1.807, 2.05) is 25.1 Å². The van der Waals surface area contributed by atoms with Gasteiger partial charge in [-0.1, -0.05) is 25.1 Å². The van der Waals surface area contributed by atoms with Crippen molar-refractivity contribution < 1.29 is 9.50 Å².